The Labute approximate surface area is 102 Å². The van der Waals surface area contributed by atoms with Crippen molar-refractivity contribution in [1.29, 1.82) is 0 Å². The molecule has 0 aliphatic heterocycles. The molecule has 100 valence electrons. The third-order valence-corrected chi connectivity index (χ3v) is 2.50. The van der Waals surface area contributed by atoms with Crippen LogP contribution in [0, 0.1) is 0 Å². The fraction of sp³-hybridized carbons (Fsp3) is 0.417. The third kappa shape index (κ3) is 3.45. The van der Waals surface area contributed by atoms with Crippen molar-refractivity contribution in [3.8, 4) is 0 Å². The number of aldehydes is 1. The molecule has 0 amide bonds. The van der Waals surface area contributed by atoms with E-state index in [0.29, 0.717) is 17.5 Å². The Balaban J connectivity index is 2.85. The van der Waals surface area contributed by atoms with Gasteiger partial charge in [-0.15, -0.1) is 0 Å². The maximum absolute atomic E-state index is 13.0. The summed E-state index contributed by atoms with van der Waals surface area (Å²) in [7, 11) is 0. The molecular weight excluding hydrogens is 250 g/mol. The average Bonchev–Trinajstić information content (AvgIpc) is 2.36. The van der Waals surface area contributed by atoms with Gasteiger partial charge in [-0.3, -0.25) is 4.79 Å². The highest BCUT2D eigenvalue weighted by Gasteiger charge is 2.42. The van der Waals surface area contributed by atoms with E-state index in [1.54, 1.807) is 6.92 Å². The van der Waals surface area contributed by atoms with Gasteiger partial charge in [0.2, 0.25) is 0 Å². The molecule has 0 aromatic heterocycles. The second-order valence-corrected chi connectivity index (χ2v) is 3.79. The molecule has 18 heavy (non-hydrogen) atoms. The largest absolute Gasteiger partial charge is 0.366 e. The van der Waals surface area contributed by atoms with E-state index < -0.39 is 18.9 Å². The van der Waals surface area contributed by atoms with Crippen molar-refractivity contribution < 1.29 is 22.4 Å². The maximum atomic E-state index is 13.0. The molecule has 1 aromatic carbocycles. The van der Waals surface area contributed by atoms with Gasteiger partial charge in [0.25, 0.3) is 0 Å². The van der Waals surface area contributed by atoms with Gasteiger partial charge in [-0.05, 0) is 31.2 Å². The van der Waals surface area contributed by atoms with E-state index in [-0.39, 0.29) is 6.54 Å². The van der Waals surface area contributed by atoms with E-state index in [2.05, 4.69) is 0 Å². The fourth-order valence-corrected chi connectivity index (χ4v) is 1.47. The van der Waals surface area contributed by atoms with Gasteiger partial charge in [0.15, 0.2) is 0 Å². The van der Waals surface area contributed by atoms with Crippen molar-refractivity contribution in [3.05, 3.63) is 29.8 Å². The smallest absolute Gasteiger partial charge is 0.324 e. The molecule has 0 aliphatic rings. The van der Waals surface area contributed by atoms with Gasteiger partial charge in [-0.25, -0.2) is 8.78 Å². The van der Waals surface area contributed by atoms with Crippen LogP contribution >= 0.6 is 0 Å². The molecule has 1 aromatic rings. The minimum absolute atomic E-state index is 0.169. The molecule has 0 heterocycles. The van der Waals surface area contributed by atoms with Crippen LogP contribution in [-0.2, 0) is 0 Å². The SMILES string of the molecule is CCN(CC(F)(F)C(F)F)c1ccc(C=O)cc1. The zero-order valence-corrected chi connectivity index (χ0v) is 9.75. The highest BCUT2D eigenvalue weighted by atomic mass is 19.3. The average molecular weight is 263 g/mol. The number of halogens is 4. The van der Waals surface area contributed by atoms with Gasteiger partial charge >= 0.3 is 12.3 Å². The normalized spacial score (nSPS) is 11.7. The second-order valence-electron chi connectivity index (χ2n) is 3.79. The summed E-state index contributed by atoms with van der Waals surface area (Å²) >= 11 is 0. The molecule has 0 unspecified atom stereocenters. The Morgan fingerprint density at radius 1 is 1.28 bits per heavy atom. The maximum Gasteiger partial charge on any atom is 0.324 e. The Morgan fingerprint density at radius 2 is 1.83 bits per heavy atom. The van der Waals surface area contributed by atoms with Crippen LogP contribution in [-0.4, -0.2) is 31.7 Å². The first-order chi connectivity index (χ1) is 8.40. The van der Waals surface area contributed by atoms with Crippen LogP contribution in [0.5, 0.6) is 0 Å². The number of anilines is 1. The summed E-state index contributed by atoms with van der Waals surface area (Å²) in [6.45, 7) is 0.708. The van der Waals surface area contributed by atoms with Crippen molar-refractivity contribution >= 4 is 12.0 Å². The van der Waals surface area contributed by atoms with E-state index in [4.69, 9.17) is 0 Å². The summed E-state index contributed by atoms with van der Waals surface area (Å²) in [5.41, 5.74) is 0.777. The number of rotatable bonds is 6. The Bertz CT molecular complexity index is 392. The summed E-state index contributed by atoms with van der Waals surface area (Å²) in [5, 5.41) is 0. The zero-order chi connectivity index (χ0) is 13.8. The lowest BCUT2D eigenvalue weighted by molar-refractivity contribution is -0.121. The zero-order valence-electron chi connectivity index (χ0n) is 9.75. The molecule has 0 aliphatic carbocycles. The van der Waals surface area contributed by atoms with E-state index in [0.717, 1.165) is 4.90 Å². The summed E-state index contributed by atoms with van der Waals surface area (Å²) in [6.07, 6.45) is -3.07. The fourth-order valence-electron chi connectivity index (χ4n) is 1.47. The Morgan fingerprint density at radius 3 is 2.22 bits per heavy atom. The monoisotopic (exact) mass is 263 g/mol. The molecule has 1 rings (SSSR count). The standard InChI is InChI=1S/C12H13F4NO/c1-2-17(8-12(15,16)11(13)14)10-5-3-9(7-18)4-6-10/h3-7,11H,2,8H2,1H3. The molecule has 0 atom stereocenters. The predicted molar refractivity (Wildman–Crippen MR) is 60.7 cm³/mol. The first-order valence-electron chi connectivity index (χ1n) is 5.37. The van der Waals surface area contributed by atoms with Crippen LogP contribution < -0.4 is 4.90 Å². The molecule has 6 heteroatoms. The second kappa shape index (κ2) is 5.84. The van der Waals surface area contributed by atoms with Gasteiger partial charge < -0.3 is 4.90 Å². The molecule has 0 spiro atoms. The van der Waals surface area contributed by atoms with E-state index in [9.17, 15) is 22.4 Å². The van der Waals surface area contributed by atoms with Gasteiger partial charge in [0, 0.05) is 17.8 Å². The lowest BCUT2D eigenvalue weighted by Gasteiger charge is -2.27. The van der Waals surface area contributed by atoms with Crippen molar-refractivity contribution in [3.63, 3.8) is 0 Å². The summed E-state index contributed by atoms with van der Waals surface area (Å²) in [4.78, 5) is 11.6. The highest BCUT2D eigenvalue weighted by molar-refractivity contribution is 5.75. The minimum Gasteiger partial charge on any atom is -0.366 e. The lowest BCUT2D eigenvalue weighted by Crippen LogP contribution is -2.41. The van der Waals surface area contributed by atoms with Gasteiger partial charge in [0.05, 0.1) is 6.54 Å². The minimum atomic E-state index is -4.06. The van der Waals surface area contributed by atoms with E-state index in [1.165, 1.54) is 24.3 Å². The van der Waals surface area contributed by atoms with Gasteiger partial charge in [-0.1, -0.05) is 0 Å². The van der Waals surface area contributed by atoms with Crippen molar-refractivity contribution in [2.75, 3.05) is 18.0 Å². The van der Waals surface area contributed by atoms with Gasteiger partial charge in [0.1, 0.15) is 6.29 Å². The quantitative estimate of drug-likeness (QED) is 0.580. The van der Waals surface area contributed by atoms with Crippen LogP contribution in [0.25, 0.3) is 0 Å². The Kier molecular flexibility index (Phi) is 4.69. The van der Waals surface area contributed by atoms with Gasteiger partial charge in [-0.2, -0.15) is 8.78 Å². The van der Waals surface area contributed by atoms with Crippen molar-refractivity contribution in [1.82, 2.24) is 0 Å². The van der Waals surface area contributed by atoms with E-state index >= 15 is 0 Å². The van der Waals surface area contributed by atoms with Crippen LogP contribution in [0.15, 0.2) is 24.3 Å². The molecule has 0 saturated carbocycles. The molecule has 0 radical (unpaired) electrons. The summed E-state index contributed by atoms with van der Waals surface area (Å²) in [6, 6.07) is 5.81. The van der Waals surface area contributed by atoms with Crippen molar-refractivity contribution in [2.45, 2.75) is 19.3 Å². The number of carbonyl (C=O) groups excluding carboxylic acids is 1. The highest BCUT2D eigenvalue weighted by Crippen LogP contribution is 2.26. The molecule has 0 N–H and O–H groups in total. The van der Waals surface area contributed by atoms with Crippen LogP contribution in [0.1, 0.15) is 17.3 Å². The molecule has 0 bridgehead atoms. The first kappa shape index (κ1) is 14.5. The van der Waals surface area contributed by atoms with Crippen LogP contribution in [0.4, 0.5) is 23.2 Å². The van der Waals surface area contributed by atoms with Crippen LogP contribution in [0.3, 0.4) is 0 Å². The molecule has 2 nitrogen and oxygen atoms in total. The number of benzene rings is 1. The van der Waals surface area contributed by atoms with E-state index in [1.807, 2.05) is 0 Å². The number of hydrogen-bond donors (Lipinski definition) is 0. The third-order valence-electron chi connectivity index (χ3n) is 2.50. The molecular formula is C12H13F4NO. The number of hydrogen-bond acceptors (Lipinski definition) is 2. The predicted octanol–water partition coefficient (Wildman–Crippen LogP) is 3.23. The number of nitrogens with zero attached hydrogens (tertiary/aromatic N) is 1. The Hall–Kier alpha value is -1.59. The topological polar surface area (TPSA) is 20.3 Å². The lowest BCUT2D eigenvalue weighted by atomic mass is 10.2. The summed E-state index contributed by atoms with van der Waals surface area (Å²) in [5.74, 6) is -4.06. The number of alkyl halides is 4. The molecule has 0 saturated heterocycles. The van der Waals surface area contributed by atoms with Crippen molar-refractivity contribution in [2.24, 2.45) is 0 Å². The summed E-state index contributed by atoms with van der Waals surface area (Å²) < 4.78 is 50.2. The number of carbonyl (C=O) groups is 1. The van der Waals surface area contributed by atoms with Crippen LogP contribution in [0.2, 0.25) is 0 Å². The molecule has 0 fully saturated rings. The first-order valence-corrected chi connectivity index (χ1v) is 5.37.